The topological polar surface area (TPSA) is 60.9 Å². The second-order valence-corrected chi connectivity index (χ2v) is 7.90. The molecule has 2 aromatic heterocycles. The lowest BCUT2D eigenvalue weighted by molar-refractivity contribution is -0.138. The van der Waals surface area contributed by atoms with Gasteiger partial charge >= 0.3 is 6.18 Å². The molecule has 0 atom stereocenters. The van der Waals surface area contributed by atoms with Crippen molar-refractivity contribution in [3.05, 3.63) is 88.4 Å². The zero-order valence-corrected chi connectivity index (χ0v) is 17.3. The Kier molecular flexibility index (Phi) is 5.41. The molecule has 4 aromatic rings. The Bertz CT molecular complexity index is 1240. The Morgan fingerprint density at radius 2 is 1.77 bits per heavy atom. The van der Waals surface area contributed by atoms with Crippen LogP contribution in [0.25, 0.3) is 22.0 Å². The lowest BCUT2D eigenvalue weighted by Crippen LogP contribution is -2.15. The first kappa shape index (κ1) is 20.9. The molecule has 31 heavy (non-hydrogen) atoms. The molecule has 2 N–H and O–H groups in total. The number of carbonyl (C=O) groups is 1. The fraction of sp³-hybridized carbons (Fsp3) is 0.130. The van der Waals surface area contributed by atoms with E-state index >= 15 is 0 Å². The first-order valence-corrected chi connectivity index (χ1v) is 10.3. The largest absolute Gasteiger partial charge is 0.416 e. The fourth-order valence-electron chi connectivity index (χ4n) is 3.52. The molecule has 4 nitrogen and oxygen atoms in total. The van der Waals surface area contributed by atoms with Crippen molar-refractivity contribution in [3.8, 4) is 22.0 Å². The fourth-order valence-corrected chi connectivity index (χ4v) is 4.34. The molecule has 0 bridgehead atoms. The van der Waals surface area contributed by atoms with Gasteiger partial charge in [0.25, 0.3) is 5.91 Å². The van der Waals surface area contributed by atoms with Crippen LogP contribution >= 0.6 is 11.3 Å². The molecular formula is C23H18F3N3OS. The van der Waals surface area contributed by atoms with Crippen molar-refractivity contribution in [2.45, 2.75) is 19.6 Å². The number of amides is 1. The van der Waals surface area contributed by atoms with Crippen molar-refractivity contribution in [1.82, 2.24) is 9.55 Å². The van der Waals surface area contributed by atoms with E-state index < -0.39 is 17.6 Å². The second-order valence-electron chi connectivity index (χ2n) is 7.04. The van der Waals surface area contributed by atoms with Gasteiger partial charge in [-0.3, -0.25) is 4.79 Å². The van der Waals surface area contributed by atoms with Gasteiger partial charge in [0.05, 0.1) is 22.5 Å². The summed E-state index contributed by atoms with van der Waals surface area (Å²) in [5, 5.41) is 2.60. The molecule has 158 valence electrons. The van der Waals surface area contributed by atoms with Crippen LogP contribution in [0, 0.1) is 6.92 Å². The highest BCUT2D eigenvalue weighted by Gasteiger charge is 2.33. The summed E-state index contributed by atoms with van der Waals surface area (Å²) in [5.41, 5.74) is 7.71. The Morgan fingerprint density at radius 1 is 1.10 bits per heavy atom. The Hall–Kier alpha value is -3.39. The van der Waals surface area contributed by atoms with Crippen LogP contribution < -0.4 is 5.73 Å². The van der Waals surface area contributed by atoms with Crippen molar-refractivity contribution in [2.75, 3.05) is 0 Å². The van der Waals surface area contributed by atoms with Crippen LogP contribution in [0.4, 0.5) is 13.2 Å². The van der Waals surface area contributed by atoms with Gasteiger partial charge < -0.3 is 10.3 Å². The number of rotatable bonds is 5. The van der Waals surface area contributed by atoms with E-state index in [9.17, 15) is 18.0 Å². The summed E-state index contributed by atoms with van der Waals surface area (Å²) in [6.45, 7) is 1.60. The van der Waals surface area contributed by atoms with Gasteiger partial charge in [0.15, 0.2) is 0 Å². The van der Waals surface area contributed by atoms with Gasteiger partial charge in [-0.25, -0.2) is 4.98 Å². The SMILES string of the molecule is Cc1c(C(N)=O)cc(-c2csc(-c3ccccc3)n2)n1Cc1ccccc1C(F)(F)F. The van der Waals surface area contributed by atoms with Crippen molar-refractivity contribution in [1.29, 1.82) is 0 Å². The molecule has 0 aliphatic rings. The maximum Gasteiger partial charge on any atom is 0.416 e. The highest BCUT2D eigenvalue weighted by atomic mass is 32.1. The highest BCUT2D eigenvalue weighted by molar-refractivity contribution is 7.13. The summed E-state index contributed by atoms with van der Waals surface area (Å²) in [4.78, 5) is 16.6. The van der Waals surface area contributed by atoms with Gasteiger partial charge in [0.2, 0.25) is 0 Å². The van der Waals surface area contributed by atoms with Crippen LogP contribution in [0.15, 0.2) is 66.0 Å². The molecule has 4 rings (SSSR count). The molecule has 8 heteroatoms. The quantitative estimate of drug-likeness (QED) is 0.428. The van der Waals surface area contributed by atoms with E-state index in [0.29, 0.717) is 17.1 Å². The Morgan fingerprint density at radius 3 is 2.45 bits per heavy atom. The summed E-state index contributed by atoms with van der Waals surface area (Å²) in [6, 6.07) is 16.6. The van der Waals surface area contributed by atoms with Crippen molar-refractivity contribution >= 4 is 17.2 Å². The number of benzene rings is 2. The molecule has 0 radical (unpaired) electrons. The van der Waals surface area contributed by atoms with Gasteiger partial charge in [-0.1, -0.05) is 48.5 Å². The van der Waals surface area contributed by atoms with Gasteiger partial charge in [-0.2, -0.15) is 13.2 Å². The van der Waals surface area contributed by atoms with Crippen LogP contribution in [-0.2, 0) is 12.7 Å². The lowest BCUT2D eigenvalue weighted by Gasteiger charge is -2.16. The normalized spacial score (nSPS) is 11.6. The van der Waals surface area contributed by atoms with Crippen LogP contribution in [0.1, 0.15) is 27.2 Å². The number of thiazole rings is 1. The number of alkyl halides is 3. The minimum Gasteiger partial charge on any atom is -0.366 e. The van der Waals surface area contributed by atoms with Crippen molar-refractivity contribution < 1.29 is 18.0 Å². The minimum absolute atomic E-state index is 0.0671. The van der Waals surface area contributed by atoms with E-state index in [1.165, 1.54) is 23.5 Å². The molecule has 0 unspecified atom stereocenters. The number of hydrogen-bond acceptors (Lipinski definition) is 3. The number of nitrogens with two attached hydrogens (primary N) is 1. The zero-order chi connectivity index (χ0) is 22.2. The third kappa shape index (κ3) is 4.11. The maximum absolute atomic E-state index is 13.5. The number of aromatic nitrogens is 2. The molecule has 2 aromatic carbocycles. The van der Waals surface area contributed by atoms with E-state index in [-0.39, 0.29) is 17.7 Å². The van der Waals surface area contributed by atoms with E-state index in [4.69, 9.17) is 5.73 Å². The van der Waals surface area contributed by atoms with Gasteiger partial charge in [0.1, 0.15) is 5.01 Å². The third-order valence-electron chi connectivity index (χ3n) is 5.07. The maximum atomic E-state index is 13.5. The molecule has 0 saturated carbocycles. The van der Waals surface area contributed by atoms with Crippen LogP contribution in [0.2, 0.25) is 0 Å². The number of carbonyl (C=O) groups excluding carboxylic acids is 1. The summed E-state index contributed by atoms with van der Waals surface area (Å²) >= 11 is 1.42. The number of hydrogen-bond donors (Lipinski definition) is 1. The first-order chi connectivity index (χ1) is 14.8. The van der Waals surface area contributed by atoms with Gasteiger partial charge in [0, 0.05) is 23.2 Å². The van der Waals surface area contributed by atoms with E-state index in [0.717, 1.165) is 16.6 Å². The zero-order valence-electron chi connectivity index (χ0n) is 16.5. The minimum atomic E-state index is -4.48. The first-order valence-electron chi connectivity index (χ1n) is 9.42. The Labute approximate surface area is 180 Å². The number of nitrogens with zero attached hydrogens (tertiary/aromatic N) is 2. The van der Waals surface area contributed by atoms with Crippen LogP contribution in [0.5, 0.6) is 0 Å². The van der Waals surface area contributed by atoms with Gasteiger partial charge in [-0.05, 0) is 24.6 Å². The summed E-state index contributed by atoms with van der Waals surface area (Å²) < 4.78 is 42.2. The summed E-state index contributed by atoms with van der Waals surface area (Å²) in [6.07, 6.45) is -4.48. The highest BCUT2D eigenvalue weighted by Crippen LogP contribution is 2.35. The summed E-state index contributed by atoms with van der Waals surface area (Å²) in [7, 11) is 0. The average Bonchev–Trinajstić information content (AvgIpc) is 3.34. The average molecular weight is 441 g/mol. The predicted octanol–water partition coefficient (Wildman–Crippen LogP) is 5.75. The van der Waals surface area contributed by atoms with E-state index in [1.807, 2.05) is 35.7 Å². The Balaban J connectivity index is 1.82. The molecule has 0 spiro atoms. The van der Waals surface area contributed by atoms with Crippen LogP contribution in [-0.4, -0.2) is 15.5 Å². The third-order valence-corrected chi connectivity index (χ3v) is 5.96. The molecule has 0 aliphatic heterocycles. The summed E-state index contributed by atoms with van der Waals surface area (Å²) in [5.74, 6) is -0.639. The molecule has 0 saturated heterocycles. The van der Waals surface area contributed by atoms with E-state index in [2.05, 4.69) is 4.98 Å². The molecule has 0 aliphatic carbocycles. The predicted molar refractivity (Wildman–Crippen MR) is 115 cm³/mol. The molecular weight excluding hydrogens is 423 g/mol. The lowest BCUT2D eigenvalue weighted by atomic mass is 10.1. The second kappa shape index (κ2) is 8.03. The number of primary amides is 1. The standard InChI is InChI=1S/C23H18F3N3OS/c1-14-17(21(27)30)11-20(19-13-31-22(28-19)15-7-3-2-4-8-15)29(14)12-16-9-5-6-10-18(16)23(24,25)26/h2-11,13H,12H2,1H3,(H2,27,30). The van der Waals surface area contributed by atoms with Crippen LogP contribution in [0.3, 0.4) is 0 Å². The van der Waals surface area contributed by atoms with Gasteiger partial charge in [-0.15, -0.1) is 11.3 Å². The number of halogens is 3. The smallest absolute Gasteiger partial charge is 0.366 e. The molecule has 2 heterocycles. The van der Waals surface area contributed by atoms with Crippen molar-refractivity contribution in [3.63, 3.8) is 0 Å². The van der Waals surface area contributed by atoms with E-state index in [1.54, 1.807) is 23.6 Å². The molecule has 1 amide bonds. The monoisotopic (exact) mass is 441 g/mol. The van der Waals surface area contributed by atoms with Crippen molar-refractivity contribution in [2.24, 2.45) is 5.73 Å². The molecule has 0 fully saturated rings.